The number of imide groups is 1. The lowest BCUT2D eigenvalue weighted by molar-refractivity contribution is -0.142. The van der Waals surface area contributed by atoms with E-state index in [0.29, 0.717) is 25.8 Å². The van der Waals surface area contributed by atoms with Gasteiger partial charge in [0.2, 0.25) is 12.3 Å². The van der Waals surface area contributed by atoms with Crippen molar-refractivity contribution in [3.05, 3.63) is 0 Å². The highest BCUT2D eigenvalue weighted by molar-refractivity contribution is 5.88. The van der Waals surface area contributed by atoms with Gasteiger partial charge in [0.25, 0.3) is 0 Å². The average Bonchev–Trinajstić information content (AvgIpc) is 2.24. The van der Waals surface area contributed by atoms with Crippen molar-refractivity contribution in [2.75, 3.05) is 6.54 Å². The highest BCUT2D eigenvalue weighted by Crippen LogP contribution is 2.17. The number of rotatable bonds is 8. The largest absolute Gasteiger partial charge is 0.303 e. The number of carbonyl (C=O) groups is 3. The first-order valence-electron chi connectivity index (χ1n) is 5.77. The van der Waals surface area contributed by atoms with Crippen LogP contribution in [0, 0.1) is 11.8 Å². The lowest BCUT2D eigenvalue weighted by atomic mass is 9.92. The fourth-order valence-corrected chi connectivity index (χ4v) is 1.70. The van der Waals surface area contributed by atoms with Gasteiger partial charge < -0.3 is 4.79 Å². The van der Waals surface area contributed by atoms with E-state index >= 15 is 0 Å². The van der Waals surface area contributed by atoms with Crippen molar-refractivity contribution in [2.24, 2.45) is 11.8 Å². The minimum atomic E-state index is -0.126. The summed E-state index contributed by atoms with van der Waals surface area (Å²) in [6, 6.07) is 0. The van der Waals surface area contributed by atoms with E-state index in [9.17, 15) is 14.4 Å². The summed E-state index contributed by atoms with van der Waals surface area (Å²) in [6.45, 7) is 6.22. The van der Waals surface area contributed by atoms with Crippen LogP contribution in [0.5, 0.6) is 0 Å². The Morgan fingerprint density at radius 3 is 2.31 bits per heavy atom. The highest BCUT2D eigenvalue weighted by atomic mass is 16.2. The lowest BCUT2D eigenvalue weighted by Gasteiger charge is -2.23. The summed E-state index contributed by atoms with van der Waals surface area (Å²) in [5, 5.41) is 0. The second-order valence-electron chi connectivity index (χ2n) is 4.20. The van der Waals surface area contributed by atoms with Gasteiger partial charge in [-0.2, -0.15) is 0 Å². The summed E-state index contributed by atoms with van der Waals surface area (Å²) in [4.78, 5) is 34.1. The molecule has 0 bridgehead atoms. The molecule has 0 aliphatic rings. The summed E-state index contributed by atoms with van der Waals surface area (Å²) >= 11 is 0. The normalized spacial score (nSPS) is 12.2. The molecular weight excluding hydrogens is 206 g/mol. The molecule has 0 N–H and O–H groups in total. The summed E-state index contributed by atoms with van der Waals surface area (Å²) in [5.41, 5.74) is 0. The predicted octanol–water partition coefficient (Wildman–Crippen LogP) is 1.63. The van der Waals surface area contributed by atoms with Crippen molar-refractivity contribution in [1.29, 1.82) is 0 Å². The Hall–Kier alpha value is -1.19. The minimum Gasteiger partial charge on any atom is -0.303 e. The third kappa shape index (κ3) is 4.55. The van der Waals surface area contributed by atoms with E-state index < -0.39 is 0 Å². The van der Waals surface area contributed by atoms with E-state index in [1.54, 1.807) is 0 Å². The fraction of sp³-hybridized carbons (Fsp3) is 0.750. The molecule has 0 saturated carbocycles. The van der Waals surface area contributed by atoms with Crippen molar-refractivity contribution in [3.63, 3.8) is 0 Å². The van der Waals surface area contributed by atoms with Crippen LogP contribution in [0.15, 0.2) is 0 Å². The van der Waals surface area contributed by atoms with Crippen LogP contribution in [-0.4, -0.2) is 30.0 Å². The van der Waals surface area contributed by atoms with Crippen molar-refractivity contribution in [1.82, 2.24) is 4.90 Å². The third-order valence-electron chi connectivity index (χ3n) is 2.69. The zero-order valence-corrected chi connectivity index (χ0v) is 10.3. The number of carbonyl (C=O) groups excluding carboxylic acids is 3. The number of nitrogens with zero attached hydrogens (tertiary/aromatic N) is 1. The number of aldehydes is 1. The van der Waals surface area contributed by atoms with Crippen LogP contribution in [0.4, 0.5) is 0 Å². The Morgan fingerprint density at radius 1 is 1.31 bits per heavy atom. The molecule has 0 fully saturated rings. The molecule has 4 nitrogen and oxygen atoms in total. The van der Waals surface area contributed by atoms with Gasteiger partial charge in [-0.05, 0) is 18.8 Å². The third-order valence-corrected chi connectivity index (χ3v) is 2.69. The summed E-state index contributed by atoms with van der Waals surface area (Å²) in [5.74, 6) is -0.00847. The molecule has 0 aromatic carbocycles. The molecule has 0 rings (SSSR count). The molecule has 16 heavy (non-hydrogen) atoms. The summed E-state index contributed by atoms with van der Waals surface area (Å²) in [7, 11) is 0. The molecule has 0 aromatic rings. The first-order chi connectivity index (χ1) is 7.58. The second kappa shape index (κ2) is 8.02. The molecule has 0 aromatic heterocycles. The Labute approximate surface area is 97.0 Å². The molecule has 0 spiro atoms. The highest BCUT2D eigenvalue weighted by Gasteiger charge is 2.24. The Kier molecular flexibility index (Phi) is 7.42. The van der Waals surface area contributed by atoms with Gasteiger partial charge in [0.15, 0.2) is 0 Å². The van der Waals surface area contributed by atoms with Crippen LogP contribution in [0.1, 0.15) is 40.0 Å². The van der Waals surface area contributed by atoms with Gasteiger partial charge >= 0.3 is 0 Å². The molecule has 0 heterocycles. The van der Waals surface area contributed by atoms with Gasteiger partial charge in [0.1, 0.15) is 6.29 Å². The second-order valence-corrected chi connectivity index (χ2v) is 4.20. The SMILES string of the molecule is CCC(C(=O)N(C=O)CCCC=O)C(C)C. The summed E-state index contributed by atoms with van der Waals surface area (Å²) < 4.78 is 0. The van der Waals surface area contributed by atoms with Crippen LogP contribution in [-0.2, 0) is 14.4 Å². The Balaban J connectivity index is 4.38. The Morgan fingerprint density at radius 2 is 1.94 bits per heavy atom. The average molecular weight is 227 g/mol. The monoisotopic (exact) mass is 227 g/mol. The molecule has 0 saturated heterocycles. The molecule has 2 amide bonds. The van der Waals surface area contributed by atoms with E-state index in [4.69, 9.17) is 0 Å². The number of hydrogen-bond donors (Lipinski definition) is 0. The number of hydrogen-bond acceptors (Lipinski definition) is 3. The summed E-state index contributed by atoms with van der Waals surface area (Å²) in [6.07, 6.45) is 3.03. The van der Waals surface area contributed by atoms with Crippen molar-refractivity contribution in [3.8, 4) is 0 Å². The standard InChI is InChI=1S/C12H21NO3/c1-4-11(10(2)3)12(16)13(9-15)7-5-6-8-14/h8-11H,4-7H2,1-3H3. The van der Waals surface area contributed by atoms with Gasteiger partial charge in [-0.15, -0.1) is 0 Å². The smallest absolute Gasteiger partial charge is 0.232 e. The van der Waals surface area contributed by atoms with Crippen molar-refractivity contribution in [2.45, 2.75) is 40.0 Å². The van der Waals surface area contributed by atoms with Crippen molar-refractivity contribution >= 4 is 18.6 Å². The van der Waals surface area contributed by atoms with Crippen LogP contribution in [0.3, 0.4) is 0 Å². The maximum atomic E-state index is 11.9. The first kappa shape index (κ1) is 14.8. The van der Waals surface area contributed by atoms with E-state index in [1.165, 1.54) is 4.90 Å². The van der Waals surface area contributed by atoms with E-state index in [1.807, 2.05) is 20.8 Å². The molecule has 0 aliphatic carbocycles. The quantitative estimate of drug-likeness (QED) is 0.468. The molecule has 4 heteroatoms. The van der Waals surface area contributed by atoms with Gasteiger partial charge in [-0.25, -0.2) is 0 Å². The zero-order valence-electron chi connectivity index (χ0n) is 10.3. The van der Waals surface area contributed by atoms with Gasteiger partial charge in [0.05, 0.1) is 0 Å². The van der Waals surface area contributed by atoms with Crippen LogP contribution < -0.4 is 0 Å². The van der Waals surface area contributed by atoms with Gasteiger partial charge in [0, 0.05) is 18.9 Å². The van der Waals surface area contributed by atoms with Gasteiger partial charge in [-0.3, -0.25) is 14.5 Å². The minimum absolute atomic E-state index is 0.110. The predicted molar refractivity (Wildman–Crippen MR) is 61.7 cm³/mol. The fourth-order valence-electron chi connectivity index (χ4n) is 1.70. The first-order valence-corrected chi connectivity index (χ1v) is 5.77. The molecule has 0 radical (unpaired) electrons. The maximum absolute atomic E-state index is 11.9. The van der Waals surface area contributed by atoms with Gasteiger partial charge in [-0.1, -0.05) is 20.8 Å². The number of amides is 2. The molecular formula is C12H21NO3. The van der Waals surface area contributed by atoms with Crippen LogP contribution in [0.2, 0.25) is 0 Å². The zero-order chi connectivity index (χ0) is 12.6. The van der Waals surface area contributed by atoms with Crippen LogP contribution in [0.25, 0.3) is 0 Å². The van der Waals surface area contributed by atoms with E-state index in [-0.39, 0.29) is 17.7 Å². The van der Waals surface area contributed by atoms with Crippen molar-refractivity contribution < 1.29 is 14.4 Å². The molecule has 1 atom stereocenters. The topological polar surface area (TPSA) is 54.5 Å². The molecule has 0 aliphatic heterocycles. The Bertz CT molecular complexity index is 238. The molecule has 92 valence electrons. The van der Waals surface area contributed by atoms with Crippen LogP contribution >= 0.6 is 0 Å². The van der Waals surface area contributed by atoms with E-state index in [0.717, 1.165) is 12.7 Å². The number of unbranched alkanes of at least 4 members (excludes halogenated alkanes) is 1. The maximum Gasteiger partial charge on any atom is 0.232 e. The molecule has 1 unspecified atom stereocenters. The lowest BCUT2D eigenvalue weighted by Crippen LogP contribution is -2.37. The van der Waals surface area contributed by atoms with E-state index in [2.05, 4.69) is 0 Å².